The first-order valence-corrected chi connectivity index (χ1v) is 2.76. The van der Waals surface area contributed by atoms with Gasteiger partial charge < -0.3 is 11.1 Å². The highest BCUT2D eigenvalue weighted by Gasteiger charge is 2.14. The van der Waals surface area contributed by atoms with Crippen LogP contribution in [0.15, 0.2) is 0 Å². The molecule has 2 heteroatoms. The summed E-state index contributed by atoms with van der Waals surface area (Å²) in [6.07, 6.45) is 0. The molecule has 0 aromatic carbocycles. The van der Waals surface area contributed by atoms with Gasteiger partial charge in [-0.15, -0.1) is 0 Å². The molecule has 0 aromatic rings. The van der Waals surface area contributed by atoms with Gasteiger partial charge in [-0.05, 0) is 0 Å². The van der Waals surface area contributed by atoms with Gasteiger partial charge >= 0.3 is 0 Å². The minimum Gasteiger partial charge on any atom is -0.325 e. The average Bonchev–Trinajstić information content (AvgIpc) is 1.62. The Morgan fingerprint density at radius 3 is 1.88 bits per heavy atom. The Kier molecular flexibility index (Phi) is 2.16. The van der Waals surface area contributed by atoms with E-state index in [1.54, 1.807) is 0 Å². The van der Waals surface area contributed by atoms with Crippen LogP contribution in [0.25, 0.3) is 0 Å². The first-order chi connectivity index (χ1) is 3.48. The van der Waals surface area contributed by atoms with E-state index in [9.17, 15) is 0 Å². The van der Waals surface area contributed by atoms with Crippen molar-refractivity contribution in [3.05, 3.63) is 0 Å². The van der Waals surface area contributed by atoms with E-state index in [4.69, 9.17) is 11.1 Å². The highest BCUT2D eigenvalue weighted by Crippen LogP contribution is 2.12. The lowest BCUT2D eigenvalue weighted by molar-refractivity contribution is 0.579. The Morgan fingerprint density at radius 1 is 1.50 bits per heavy atom. The van der Waals surface area contributed by atoms with E-state index in [0.29, 0.717) is 12.3 Å². The number of nitrogens with two attached hydrogens (primary N) is 1. The summed E-state index contributed by atoms with van der Waals surface area (Å²) in [5.74, 6) is 0. The van der Waals surface area contributed by atoms with Gasteiger partial charge in [0, 0.05) is 17.7 Å². The van der Waals surface area contributed by atoms with Crippen LogP contribution in [0, 0.1) is 10.8 Å². The van der Waals surface area contributed by atoms with Crippen molar-refractivity contribution in [2.24, 2.45) is 11.1 Å². The molecule has 0 atom stereocenters. The van der Waals surface area contributed by atoms with E-state index < -0.39 is 0 Å². The first kappa shape index (κ1) is 7.63. The summed E-state index contributed by atoms with van der Waals surface area (Å²) in [6.45, 7) is 6.34. The lowest BCUT2D eigenvalue weighted by Gasteiger charge is -2.17. The Morgan fingerprint density at radius 2 is 1.88 bits per heavy atom. The normalized spacial score (nSPS) is 11.5. The zero-order valence-corrected chi connectivity index (χ0v) is 5.78. The van der Waals surface area contributed by atoms with Crippen LogP contribution < -0.4 is 5.73 Å². The fraction of sp³-hybridized carbons (Fsp3) is 0.833. The number of nitrogens with one attached hydrogen (secondary N) is 1. The van der Waals surface area contributed by atoms with Gasteiger partial charge in [0.15, 0.2) is 0 Å². The van der Waals surface area contributed by atoms with Crippen molar-refractivity contribution >= 4 is 5.71 Å². The predicted molar refractivity (Wildman–Crippen MR) is 36.2 cm³/mol. The van der Waals surface area contributed by atoms with Crippen molar-refractivity contribution in [1.29, 1.82) is 5.41 Å². The molecule has 0 fully saturated rings. The molecule has 2 nitrogen and oxygen atoms in total. The first-order valence-electron chi connectivity index (χ1n) is 2.76. The summed E-state index contributed by atoms with van der Waals surface area (Å²) in [5, 5.41) is 7.26. The van der Waals surface area contributed by atoms with E-state index in [1.807, 2.05) is 20.8 Å². The van der Waals surface area contributed by atoms with Crippen LogP contribution in [0.1, 0.15) is 20.8 Å². The number of hydrogen-bond donors (Lipinski definition) is 2. The molecular weight excluding hydrogens is 100 g/mol. The summed E-state index contributed by atoms with van der Waals surface area (Å²) in [5.41, 5.74) is 5.81. The lowest BCUT2D eigenvalue weighted by Crippen LogP contribution is -2.26. The maximum Gasteiger partial charge on any atom is 0.0312 e. The third-order valence-electron chi connectivity index (χ3n) is 1.11. The van der Waals surface area contributed by atoms with Crippen LogP contribution >= 0.6 is 0 Å². The SMILES string of the molecule is CC(C)(C)C(=N)CN. The van der Waals surface area contributed by atoms with Gasteiger partial charge in [-0.2, -0.15) is 0 Å². The van der Waals surface area contributed by atoms with Crippen LogP contribution in [0.2, 0.25) is 0 Å². The molecule has 0 saturated heterocycles. The second kappa shape index (κ2) is 2.27. The van der Waals surface area contributed by atoms with Crippen molar-refractivity contribution in [2.75, 3.05) is 6.54 Å². The van der Waals surface area contributed by atoms with Gasteiger partial charge in [-0.3, -0.25) is 0 Å². The molecular formula is C6H14N2. The molecule has 0 saturated carbocycles. The number of hydrogen-bond acceptors (Lipinski definition) is 2. The van der Waals surface area contributed by atoms with Gasteiger partial charge in [0.05, 0.1) is 0 Å². The molecule has 48 valence electrons. The molecule has 0 spiro atoms. The molecule has 0 aliphatic carbocycles. The van der Waals surface area contributed by atoms with E-state index in [1.165, 1.54) is 0 Å². The summed E-state index contributed by atoms with van der Waals surface area (Å²) in [4.78, 5) is 0. The Balaban J connectivity index is 3.82. The highest BCUT2D eigenvalue weighted by atomic mass is 14.6. The van der Waals surface area contributed by atoms with E-state index in [-0.39, 0.29) is 5.41 Å². The fourth-order valence-electron chi connectivity index (χ4n) is 0.306. The topological polar surface area (TPSA) is 49.9 Å². The van der Waals surface area contributed by atoms with E-state index in [0.717, 1.165) is 0 Å². The monoisotopic (exact) mass is 114 g/mol. The third-order valence-corrected chi connectivity index (χ3v) is 1.11. The summed E-state index contributed by atoms with van der Waals surface area (Å²) in [7, 11) is 0. The van der Waals surface area contributed by atoms with Crippen molar-refractivity contribution in [1.82, 2.24) is 0 Å². The summed E-state index contributed by atoms with van der Waals surface area (Å²) < 4.78 is 0. The van der Waals surface area contributed by atoms with E-state index in [2.05, 4.69) is 0 Å². The number of rotatable bonds is 1. The highest BCUT2D eigenvalue weighted by molar-refractivity contribution is 5.87. The minimum absolute atomic E-state index is 0.0330. The Bertz CT molecular complexity index is 89.2. The zero-order chi connectivity index (χ0) is 6.78. The quantitative estimate of drug-likeness (QED) is 0.491. The van der Waals surface area contributed by atoms with Gasteiger partial charge in [0.1, 0.15) is 0 Å². The Hall–Kier alpha value is -0.370. The molecule has 0 aliphatic rings. The molecule has 0 unspecified atom stereocenters. The van der Waals surface area contributed by atoms with Crippen molar-refractivity contribution < 1.29 is 0 Å². The smallest absolute Gasteiger partial charge is 0.0312 e. The van der Waals surface area contributed by atoms with Crippen molar-refractivity contribution in [3.63, 3.8) is 0 Å². The second-order valence-corrected chi connectivity index (χ2v) is 2.93. The van der Waals surface area contributed by atoms with Crippen LogP contribution in [0.4, 0.5) is 0 Å². The zero-order valence-electron chi connectivity index (χ0n) is 5.78. The van der Waals surface area contributed by atoms with Gasteiger partial charge in [-0.25, -0.2) is 0 Å². The van der Waals surface area contributed by atoms with Gasteiger partial charge in [-0.1, -0.05) is 20.8 Å². The van der Waals surface area contributed by atoms with Crippen LogP contribution in [0.5, 0.6) is 0 Å². The average molecular weight is 114 g/mol. The molecule has 0 bridgehead atoms. The van der Waals surface area contributed by atoms with Crippen LogP contribution in [0.3, 0.4) is 0 Å². The molecule has 0 aliphatic heterocycles. The largest absolute Gasteiger partial charge is 0.325 e. The van der Waals surface area contributed by atoms with Crippen LogP contribution in [-0.4, -0.2) is 12.3 Å². The molecule has 0 amide bonds. The fourth-order valence-corrected chi connectivity index (χ4v) is 0.306. The second-order valence-electron chi connectivity index (χ2n) is 2.93. The molecule has 8 heavy (non-hydrogen) atoms. The Labute approximate surface area is 50.6 Å². The van der Waals surface area contributed by atoms with Crippen molar-refractivity contribution in [2.45, 2.75) is 20.8 Å². The molecule has 0 heterocycles. The molecule has 3 N–H and O–H groups in total. The standard InChI is InChI=1S/C6H14N2/c1-6(2,3)5(8)4-7/h8H,4,7H2,1-3H3. The summed E-state index contributed by atoms with van der Waals surface area (Å²) >= 11 is 0. The molecule has 0 aromatic heterocycles. The van der Waals surface area contributed by atoms with E-state index >= 15 is 0 Å². The maximum absolute atomic E-state index is 7.26. The molecule has 0 rings (SSSR count). The minimum atomic E-state index is -0.0330. The van der Waals surface area contributed by atoms with Crippen LogP contribution in [-0.2, 0) is 0 Å². The third kappa shape index (κ3) is 2.07. The van der Waals surface area contributed by atoms with Gasteiger partial charge in [0.2, 0.25) is 0 Å². The molecule has 0 radical (unpaired) electrons. The predicted octanol–water partition coefficient (Wildman–Crippen LogP) is 1.01. The lowest BCUT2D eigenvalue weighted by atomic mass is 9.90. The van der Waals surface area contributed by atoms with Gasteiger partial charge in [0.25, 0.3) is 0 Å². The van der Waals surface area contributed by atoms with Crippen molar-refractivity contribution in [3.8, 4) is 0 Å². The summed E-state index contributed by atoms with van der Waals surface area (Å²) in [6, 6.07) is 0. The maximum atomic E-state index is 7.26.